The Kier molecular flexibility index (Phi) is 19.9. The maximum Gasteiger partial charge on any atom is 0.337 e. The first-order valence-electron chi connectivity index (χ1n) is 23.4. The number of anilines is 3. The molecule has 0 aliphatic heterocycles. The lowest BCUT2D eigenvalue weighted by molar-refractivity contribution is -0.119. The smallest absolute Gasteiger partial charge is 0.337 e. The number of hydrogen-bond donors (Lipinski definition) is 6. The van der Waals surface area contributed by atoms with Crippen LogP contribution in [0.15, 0.2) is 152 Å². The van der Waals surface area contributed by atoms with E-state index >= 15 is 0 Å². The lowest BCUT2D eigenvalue weighted by atomic mass is 9.98. The zero-order chi connectivity index (χ0) is 53.9. The Labute approximate surface area is 429 Å². The predicted octanol–water partition coefficient (Wildman–Crippen LogP) is 12.3. The quantitative estimate of drug-likeness (QED) is 0.0683. The van der Waals surface area contributed by atoms with E-state index in [0.29, 0.717) is 27.8 Å². The third-order valence-electron chi connectivity index (χ3n) is 10.9. The van der Waals surface area contributed by atoms with Crippen molar-refractivity contribution in [2.75, 3.05) is 16.0 Å². The number of carboxylic acid groups (broad SMARTS) is 3. The first-order chi connectivity index (χ1) is 35.3. The van der Waals surface area contributed by atoms with Crippen LogP contribution in [-0.2, 0) is 14.4 Å². The van der Waals surface area contributed by atoms with Crippen LogP contribution in [0.4, 0.5) is 21.5 Å². The summed E-state index contributed by atoms with van der Waals surface area (Å²) in [5.41, 5.74) is 8.34. The van der Waals surface area contributed by atoms with Crippen molar-refractivity contribution in [2.24, 2.45) is 5.92 Å². The maximum atomic E-state index is 14.6. The number of amides is 3. The third kappa shape index (κ3) is 16.2. The van der Waals surface area contributed by atoms with Gasteiger partial charge in [0.2, 0.25) is 17.7 Å². The van der Waals surface area contributed by atoms with Gasteiger partial charge in [0.25, 0.3) is 0 Å². The highest BCUT2D eigenvalue weighted by atomic mass is 19.1. The fourth-order valence-corrected chi connectivity index (χ4v) is 6.69. The van der Waals surface area contributed by atoms with E-state index in [9.17, 15) is 48.5 Å². The van der Waals surface area contributed by atoms with E-state index in [0.717, 1.165) is 27.8 Å². The molecular weight excluding hydrogens is 938 g/mol. The first-order valence-corrected chi connectivity index (χ1v) is 23.4. The molecule has 0 aliphatic carbocycles. The number of carbonyl (C=O) groups is 6. The van der Waals surface area contributed by atoms with Crippen molar-refractivity contribution in [1.82, 2.24) is 0 Å². The number of halogens is 1. The van der Waals surface area contributed by atoms with E-state index in [2.05, 4.69) is 39.6 Å². The van der Waals surface area contributed by atoms with E-state index in [-0.39, 0.29) is 76.1 Å². The normalized spacial score (nSPS) is 10.1. The molecular formula is C61H54FN3O9. The van der Waals surface area contributed by atoms with Crippen molar-refractivity contribution in [3.63, 3.8) is 0 Å². The molecule has 0 saturated carbocycles. The SMILES string of the molecule is CCC(=O)Nc1ccc(-c2ccc(-c3ccccc3)c(F)c2)cc1C(=O)O.CCC(=O)Nc1ccc(C#Cc2ccc(C)cc2)cc1C(=O)O.Cc1ccc(C#Cc2ccc(NC(=O)C(C)C)c(C(=O)O)c2)cc1. The molecule has 0 bridgehead atoms. The molecule has 374 valence electrons. The number of hydrogen-bond acceptors (Lipinski definition) is 6. The fraction of sp³-hybridized carbons (Fsp3) is 0.148. The number of carbonyl (C=O) groups excluding carboxylic acids is 3. The van der Waals surface area contributed by atoms with Crippen LogP contribution < -0.4 is 16.0 Å². The molecule has 0 heterocycles. The largest absolute Gasteiger partial charge is 0.478 e. The van der Waals surface area contributed by atoms with Crippen LogP contribution in [0, 0.1) is 49.3 Å². The number of nitrogens with one attached hydrogen (secondary N) is 3. The third-order valence-corrected chi connectivity index (χ3v) is 10.9. The minimum atomic E-state index is -1.16. The van der Waals surface area contributed by atoms with Crippen LogP contribution in [0.1, 0.15) is 105 Å². The first kappa shape index (κ1) is 55.3. The van der Waals surface area contributed by atoms with Crippen molar-refractivity contribution < 1.29 is 48.5 Å². The molecule has 0 fully saturated rings. The summed E-state index contributed by atoms with van der Waals surface area (Å²) in [6.45, 7) is 10.9. The number of carboxylic acids is 3. The van der Waals surface area contributed by atoms with Gasteiger partial charge < -0.3 is 31.3 Å². The molecule has 0 atom stereocenters. The molecule has 12 nitrogen and oxygen atoms in total. The molecule has 7 aromatic carbocycles. The van der Waals surface area contributed by atoms with Gasteiger partial charge in [-0.1, -0.05) is 135 Å². The van der Waals surface area contributed by atoms with Crippen molar-refractivity contribution in [3.05, 3.63) is 208 Å². The summed E-state index contributed by atoms with van der Waals surface area (Å²) in [7, 11) is 0. The summed E-state index contributed by atoms with van der Waals surface area (Å²) >= 11 is 0. The second-order valence-corrected chi connectivity index (χ2v) is 16.9. The Bertz CT molecular complexity index is 3330. The van der Waals surface area contributed by atoms with Gasteiger partial charge in [0.05, 0.1) is 33.8 Å². The summed E-state index contributed by atoms with van der Waals surface area (Å²) < 4.78 is 14.6. The van der Waals surface area contributed by atoms with Crippen LogP contribution >= 0.6 is 0 Å². The minimum Gasteiger partial charge on any atom is -0.478 e. The standard InChI is InChI=1S/C22H18FNO3.C20H19NO3.C19H17NO3/c1-2-21(25)24-20-11-9-15(12-18(20)22(26)27)16-8-10-17(19(23)13-16)14-6-4-3-5-7-14;1-13(2)19(22)21-18-11-10-16(12-17(18)20(23)24)9-8-15-6-4-14(3)5-7-15;1-3-18(21)20-17-11-10-15(12-16(17)19(22)23)9-8-14-6-4-13(2)5-7-14/h3-13H,2H2,1H3,(H,24,25)(H,26,27);4-7,10-13H,1-3H3,(H,21,22)(H,23,24);4-7,10-12H,3H2,1-2H3,(H,20,21)(H,22,23). The summed E-state index contributed by atoms with van der Waals surface area (Å²) in [4.78, 5) is 69.1. The number of aromatic carboxylic acids is 3. The Morgan fingerprint density at radius 1 is 0.459 bits per heavy atom. The molecule has 13 heteroatoms. The van der Waals surface area contributed by atoms with Crippen LogP contribution in [0.3, 0.4) is 0 Å². The topological polar surface area (TPSA) is 199 Å². The highest BCUT2D eigenvalue weighted by molar-refractivity contribution is 6.03. The molecule has 0 radical (unpaired) electrons. The Hall–Kier alpha value is -9.59. The van der Waals surface area contributed by atoms with Gasteiger partial charge in [0.15, 0.2) is 0 Å². The van der Waals surface area contributed by atoms with Crippen LogP contribution in [0.2, 0.25) is 0 Å². The van der Waals surface area contributed by atoms with Gasteiger partial charge in [-0.05, 0) is 109 Å². The summed E-state index contributed by atoms with van der Waals surface area (Å²) in [5, 5.41) is 35.9. The maximum absolute atomic E-state index is 14.6. The van der Waals surface area contributed by atoms with Crippen molar-refractivity contribution >= 4 is 52.7 Å². The van der Waals surface area contributed by atoms with Crippen LogP contribution in [-0.4, -0.2) is 50.9 Å². The monoisotopic (exact) mass is 991 g/mol. The van der Waals surface area contributed by atoms with Crippen molar-refractivity contribution in [3.8, 4) is 45.9 Å². The van der Waals surface area contributed by atoms with Gasteiger partial charge in [-0.3, -0.25) is 14.4 Å². The average Bonchev–Trinajstić information content (AvgIpc) is 3.39. The van der Waals surface area contributed by atoms with Crippen LogP contribution in [0.5, 0.6) is 0 Å². The number of benzene rings is 7. The van der Waals surface area contributed by atoms with E-state index in [1.807, 2.05) is 92.7 Å². The average molecular weight is 992 g/mol. The van der Waals surface area contributed by atoms with Crippen molar-refractivity contribution in [1.29, 1.82) is 0 Å². The highest BCUT2D eigenvalue weighted by Gasteiger charge is 2.17. The molecule has 0 spiro atoms. The van der Waals surface area contributed by atoms with Gasteiger partial charge in [-0.2, -0.15) is 0 Å². The minimum absolute atomic E-state index is 0.0275. The van der Waals surface area contributed by atoms with Gasteiger partial charge in [0, 0.05) is 46.6 Å². The molecule has 74 heavy (non-hydrogen) atoms. The Morgan fingerprint density at radius 2 is 0.838 bits per heavy atom. The zero-order valence-corrected chi connectivity index (χ0v) is 41.6. The van der Waals surface area contributed by atoms with E-state index in [1.165, 1.54) is 30.3 Å². The van der Waals surface area contributed by atoms with Gasteiger partial charge in [-0.15, -0.1) is 0 Å². The van der Waals surface area contributed by atoms with Crippen LogP contribution in [0.25, 0.3) is 22.3 Å². The molecule has 0 unspecified atom stereocenters. The second-order valence-electron chi connectivity index (χ2n) is 16.9. The van der Waals surface area contributed by atoms with Gasteiger partial charge >= 0.3 is 17.9 Å². The Morgan fingerprint density at radius 3 is 1.26 bits per heavy atom. The van der Waals surface area contributed by atoms with E-state index in [1.54, 1.807) is 70.2 Å². The summed E-state index contributed by atoms with van der Waals surface area (Å²) in [5.74, 6) is 7.18. The zero-order valence-electron chi connectivity index (χ0n) is 41.6. The molecule has 7 rings (SSSR count). The lowest BCUT2D eigenvalue weighted by Crippen LogP contribution is -2.19. The van der Waals surface area contributed by atoms with Gasteiger partial charge in [0.1, 0.15) is 5.82 Å². The van der Waals surface area contributed by atoms with Gasteiger partial charge in [-0.25, -0.2) is 18.8 Å². The van der Waals surface area contributed by atoms with E-state index in [4.69, 9.17) is 0 Å². The second kappa shape index (κ2) is 26.6. The molecule has 3 amide bonds. The number of aryl methyl sites for hydroxylation is 2. The molecule has 0 aliphatic rings. The van der Waals surface area contributed by atoms with E-state index < -0.39 is 17.9 Å². The summed E-state index contributed by atoms with van der Waals surface area (Å²) in [6.07, 6.45) is 0.529. The molecule has 6 N–H and O–H groups in total. The molecule has 7 aromatic rings. The highest BCUT2D eigenvalue weighted by Crippen LogP contribution is 2.30. The fourth-order valence-electron chi connectivity index (χ4n) is 6.69. The number of rotatable bonds is 11. The molecule has 0 saturated heterocycles. The predicted molar refractivity (Wildman–Crippen MR) is 287 cm³/mol. The Balaban J connectivity index is 0.000000206. The lowest BCUT2D eigenvalue weighted by Gasteiger charge is -2.11. The summed E-state index contributed by atoms with van der Waals surface area (Å²) in [6, 6.07) is 43.6. The van der Waals surface area contributed by atoms with Crippen molar-refractivity contribution in [2.45, 2.75) is 54.4 Å². The molecule has 0 aromatic heterocycles.